The number of nitrogens with zero attached hydrogens (tertiary/aromatic N) is 4. The number of methoxy groups -OCH3 is 1. The molecular formula is C13H15N5O3. The first-order chi connectivity index (χ1) is 9.95. The van der Waals surface area contributed by atoms with E-state index in [9.17, 15) is 9.59 Å². The van der Waals surface area contributed by atoms with E-state index in [1.165, 1.54) is 14.1 Å². The van der Waals surface area contributed by atoms with Crippen molar-refractivity contribution >= 4 is 17.2 Å². The van der Waals surface area contributed by atoms with E-state index < -0.39 is 11.2 Å². The average Bonchev–Trinajstić information content (AvgIpc) is 2.51. The molecule has 2 rings (SSSR count). The highest BCUT2D eigenvalue weighted by molar-refractivity contribution is 5.56. The number of anilines is 1. The predicted molar refractivity (Wildman–Crippen MR) is 78.5 cm³/mol. The Kier molecular flexibility index (Phi) is 3.88. The highest BCUT2D eigenvalue weighted by atomic mass is 16.5. The summed E-state index contributed by atoms with van der Waals surface area (Å²) < 4.78 is 7.10. The van der Waals surface area contributed by atoms with Crippen LogP contribution in [-0.2, 0) is 14.1 Å². The van der Waals surface area contributed by atoms with Crippen molar-refractivity contribution in [3.8, 4) is 5.75 Å². The Hall–Kier alpha value is -2.90. The fourth-order valence-electron chi connectivity index (χ4n) is 1.69. The van der Waals surface area contributed by atoms with Gasteiger partial charge in [0, 0.05) is 14.1 Å². The van der Waals surface area contributed by atoms with E-state index in [1.54, 1.807) is 31.4 Å². The van der Waals surface area contributed by atoms with Crippen molar-refractivity contribution in [1.82, 2.24) is 9.13 Å². The van der Waals surface area contributed by atoms with E-state index in [-0.39, 0.29) is 11.5 Å². The molecule has 2 N–H and O–H groups in total. The topological polar surface area (TPSA) is 104 Å². The third kappa shape index (κ3) is 2.69. The summed E-state index contributed by atoms with van der Waals surface area (Å²) in [6.45, 7) is 0. The molecule has 0 spiro atoms. The predicted octanol–water partition coefficient (Wildman–Crippen LogP) is 1.09. The lowest BCUT2D eigenvalue weighted by Crippen LogP contribution is -2.37. The van der Waals surface area contributed by atoms with Gasteiger partial charge in [-0.3, -0.25) is 13.9 Å². The number of aromatic nitrogens is 2. The van der Waals surface area contributed by atoms with Crippen molar-refractivity contribution in [3.05, 3.63) is 45.1 Å². The molecule has 110 valence electrons. The largest absolute Gasteiger partial charge is 0.497 e. The number of nitrogen functional groups attached to an aromatic ring is 1. The highest BCUT2D eigenvalue weighted by Crippen LogP contribution is 2.21. The Morgan fingerprint density at radius 1 is 1.05 bits per heavy atom. The maximum absolute atomic E-state index is 12.0. The van der Waals surface area contributed by atoms with E-state index in [0.717, 1.165) is 9.13 Å². The van der Waals surface area contributed by atoms with Crippen LogP contribution in [0.1, 0.15) is 0 Å². The van der Waals surface area contributed by atoms with Gasteiger partial charge >= 0.3 is 5.69 Å². The second kappa shape index (κ2) is 5.61. The number of rotatable bonds is 3. The van der Waals surface area contributed by atoms with Crippen molar-refractivity contribution in [1.29, 1.82) is 0 Å². The van der Waals surface area contributed by atoms with Crippen LogP contribution in [0, 0.1) is 0 Å². The molecule has 0 saturated carbocycles. The quantitative estimate of drug-likeness (QED) is 0.854. The van der Waals surface area contributed by atoms with Crippen molar-refractivity contribution < 1.29 is 4.74 Å². The summed E-state index contributed by atoms with van der Waals surface area (Å²) in [6, 6.07) is 6.81. The molecule has 0 aliphatic rings. The minimum atomic E-state index is -0.590. The van der Waals surface area contributed by atoms with Gasteiger partial charge in [-0.05, 0) is 24.3 Å². The fraction of sp³-hybridized carbons (Fsp3) is 0.231. The molecule has 0 fully saturated rings. The van der Waals surface area contributed by atoms with E-state index in [0.29, 0.717) is 11.4 Å². The van der Waals surface area contributed by atoms with Gasteiger partial charge in [0.1, 0.15) is 11.6 Å². The van der Waals surface area contributed by atoms with Crippen LogP contribution in [0.4, 0.5) is 17.2 Å². The number of hydrogen-bond donors (Lipinski definition) is 1. The number of hydrogen-bond acceptors (Lipinski definition) is 6. The molecule has 0 saturated heterocycles. The molecule has 0 amide bonds. The van der Waals surface area contributed by atoms with Crippen LogP contribution in [-0.4, -0.2) is 16.2 Å². The summed E-state index contributed by atoms with van der Waals surface area (Å²) in [5.41, 5.74) is 5.10. The molecule has 0 radical (unpaired) electrons. The number of nitrogens with two attached hydrogens (primary N) is 1. The summed E-state index contributed by atoms with van der Waals surface area (Å²) in [6.07, 6.45) is 0. The average molecular weight is 289 g/mol. The van der Waals surface area contributed by atoms with Crippen LogP contribution in [0.2, 0.25) is 0 Å². The number of azo groups is 1. The summed E-state index contributed by atoms with van der Waals surface area (Å²) in [5, 5.41) is 7.81. The van der Waals surface area contributed by atoms with Gasteiger partial charge in [-0.2, -0.15) is 5.11 Å². The van der Waals surface area contributed by atoms with Gasteiger partial charge in [0.25, 0.3) is 5.56 Å². The van der Waals surface area contributed by atoms with E-state index in [2.05, 4.69) is 10.2 Å². The lowest BCUT2D eigenvalue weighted by atomic mass is 10.3. The van der Waals surface area contributed by atoms with E-state index in [4.69, 9.17) is 10.5 Å². The summed E-state index contributed by atoms with van der Waals surface area (Å²) in [5.74, 6) is 0.659. The Bertz CT molecular complexity index is 802. The van der Waals surface area contributed by atoms with Crippen molar-refractivity contribution in [2.45, 2.75) is 0 Å². The van der Waals surface area contributed by atoms with Gasteiger partial charge < -0.3 is 10.5 Å². The molecule has 0 aliphatic carbocycles. The molecule has 8 heteroatoms. The van der Waals surface area contributed by atoms with Crippen molar-refractivity contribution in [3.63, 3.8) is 0 Å². The lowest BCUT2D eigenvalue weighted by Gasteiger charge is -2.07. The van der Waals surface area contributed by atoms with E-state index in [1.807, 2.05) is 0 Å². The van der Waals surface area contributed by atoms with Crippen molar-refractivity contribution in [2.24, 2.45) is 24.3 Å². The molecule has 0 unspecified atom stereocenters. The van der Waals surface area contributed by atoms with Gasteiger partial charge in [-0.25, -0.2) is 4.79 Å². The molecular weight excluding hydrogens is 274 g/mol. The van der Waals surface area contributed by atoms with Gasteiger partial charge in [-0.15, -0.1) is 5.11 Å². The molecule has 1 heterocycles. The lowest BCUT2D eigenvalue weighted by molar-refractivity contribution is 0.415. The van der Waals surface area contributed by atoms with Crippen molar-refractivity contribution in [2.75, 3.05) is 12.8 Å². The second-order valence-electron chi connectivity index (χ2n) is 4.34. The molecule has 21 heavy (non-hydrogen) atoms. The van der Waals surface area contributed by atoms with Crippen LogP contribution in [0.3, 0.4) is 0 Å². The standard InChI is InChI=1S/C13H15N5O3/c1-17-11(14)10(12(19)18(2)13(17)20)16-15-8-4-6-9(21-3)7-5-8/h4-7H,14H2,1-3H3. The van der Waals surface area contributed by atoms with Crippen LogP contribution in [0.25, 0.3) is 0 Å². The summed E-state index contributed by atoms with van der Waals surface area (Å²) >= 11 is 0. The van der Waals surface area contributed by atoms with Gasteiger partial charge in [0.15, 0.2) is 5.69 Å². The molecule has 8 nitrogen and oxygen atoms in total. The SMILES string of the molecule is COc1ccc(N=Nc2c(N)n(C)c(=O)n(C)c2=O)cc1. The molecule has 0 bridgehead atoms. The van der Waals surface area contributed by atoms with Gasteiger partial charge in [0.2, 0.25) is 0 Å². The smallest absolute Gasteiger partial charge is 0.332 e. The maximum Gasteiger partial charge on any atom is 0.332 e. The summed E-state index contributed by atoms with van der Waals surface area (Å²) in [7, 11) is 4.38. The third-order valence-electron chi connectivity index (χ3n) is 3.02. The maximum atomic E-state index is 12.0. The van der Waals surface area contributed by atoms with Crippen LogP contribution < -0.4 is 21.7 Å². The monoisotopic (exact) mass is 289 g/mol. The van der Waals surface area contributed by atoms with Crippen LogP contribution in [0.5, 0.6) is 5.75 Å². The molecule has 0 atom stereocenters. The minimum Gasteiger partial charge on any atom is -0.497 e. The molecule has 1 aromatic heterocycles. The normalized spacial score (nSPS) is 11.0. The Labute approximate surface area is 120 Å². The highest BCUT2D eigenvalue weighted by Gasteiger charge is 2.12. The zero-order chi connectivity index (χ0) is 15.6. The third-order valence-corrected chi connectivity index (χ3v) is 3.02. The fourth-order valence-corrected chi connectivity index (χ4v) is 1.69. The number of benzene rings is 1. The Balaban J connectivity index is 2.46. The zero-order valence-electron chi connectivity index (χ0n) is 11.9. The zero-order valence-corrected chi connectivity index (χ0v) is 11.9. The minimum absolute atomic E-state index is 0.0274. The first-order valence-corrected chi connectivity index (χ1v) is 6.07. The Morgan fingerprint density at radius 3 is 2.24 bits per heavy atom. The Morgan fingerprint density at radius 2 is 1.67 bits per heavy atom. The first-order valence-electron chi connectivity index (χ1n) is 6.07. The van der Waals surface area contributed by atoms with E-state index >= 15 is 0 Å². The molecule has 1 aromatic carbocycles. The summed E-state index contributed by atoms with van der Waals surface area (Å²) in [4.78, 5) is 23.6. The van der Waals surface area contributed by atoms with Crippen LogP contribution >= 0.6 is 0 Å². The van der Waals surface area contributed by atoms with Gasteiger partial charge in [-0.1, -0.05) is 0 Å². The van der Waals surface area contributed by atoms with Gasteiger partial charge in [0.05, 0.1) is 12.8 Å². The molecule has 2 aromatic rings. The number of ether oxygens (including phenoxy) is 1. The first kappa shape index (κ1) is 14.5. The van der Waals surface area contributed by atoms with Crippen LogP contribution in [0.15, 0.2) is 44.1 Å². The molecule has 0 aliphatic heterocycles. The second-order valence-corrected chi connectivity index (χ2v) is 4.34.